The lowest BCUT2D eigenvalue weighted by atomic mass is 10.0. The van der Waals surface area contributed by atoms with Gasteiger partial charge in [-0.2, -0.15) is 0 Å². The zero-order valence-corrected chi connectivity index (χ0v) is 41.8. The molecule has 0 heterocycles. The summed E-state index contributed by atoms with van der Waals surface area (Å²) in [6.45, 7) is 4.64. The van der Waals surface area contributed by atoms with Crippen LogP contribution in [0.1, 0.15) is 232 Å². The number of unbranched alkanes of at least 4 members (excludes halogenated alkanes) is 25. The Bertz CT molecular complexity index is 1170. The van der Waals surface area contributed by atoms with Crippen LogP contribution in [0.2, 0.25) is 0 Å². The molecule has 366 valence electrons. The van der Waals surface area contributed by atoms with Crippen LogP contribution < -0.4 is 0 Å². The molecule has 0 aliphatic carbocycles. The molecule has 63 heavy (non-hydrogen) atoms. The minimum Gasteiger partial charge on any atom is -0.477 e. The summed E-state index contributed by atoms with van der Waals surface area (Å²) in [7, 11) is 5.54. The molecule has 8 nitrogen and oxygen atoms in total. The quantitative estimate of drug-likeness (QED) is 0.0281. The number of carbonyl (C=O) groups is 3. The van der Waals surface area contributed by atoms with Gasteiger partial charge < -0.3 is 23.8 Å². The summed E-state index contributed by atoms with van der Waals surface area (Å²) in [4.78, 5) is 37.2. The Morgan fingerprint density at radius 2 is 0.889 bits per heavy atom. The van der Waals surface area contributed by atoms with Crippen LogP contribution in [0.3, 0.4) is 0 Å². The second-order valence-electron chi connectivity index (χ2n) is 18.8. The van der Waals surface area contributed by atoms with Gasteiger partial charge in [-0.05, 0) is 51.4 Å². The van der Waals surface area contributed by atoms with Crippen LogP contribution in [-0.2, 0) is 28.6 Å². The Morgan fingerprint density at radius 3 is 1.32 bits per heavy atom. The predicted molar refractivity (Wildman–Crippen MR) is 266 cm³/mol. The first-order valence-electron chi connectivity index (χ1n) is 26.2. The maximum atomic E-state index is 12.8. The number of carbonyl (C=O) groups excluding carboxylic acids is 2. The molecular formula is C55H100NO7+. The number of likely N-dealkylation sites (N-methyl/N-ethyl adjacent to an activating group) is 1. The number of esters is 2. The number of hydrogen-bond acceptors (Lipinski definition) is 6. The fraction of sp³-hybridized carbons (Fsp3) is 0.800. The summed E-state index contributed by atoms with van der Waals surface area (Å²) in [6.07, 6.45) is 55.9. The van der Waals surface area contributed by atoms with Crippen molar-refractivity contribution in [3.63, 3.8) is 0 Å². The Labute approximate surface area is 388 Å². The second-order valence-corrected chi connectivity index (χ2v) is 18.8. The van der Waals surface area contributed by atoms with Crippen molar-refractivity contribution in [2.45, 2.75) is 244 Å². The van der Waals surface area contributed by atoms with Crippen LogP contribution in [0.5, 0.6) is 0 Å². The van der Waals surface area contributed by atoms with Gasteiger partial charge in [0.25, 0.3) is 0 Å². The fourth-order valence-electron chi connectivity index (χ4n) is 7.73. The van der Waals surface area contributed by atoms with Gasteiger partial charge in [0.2, 0.25) is 0 Å². The topological polar surface area (TPSA) is 99.1 Å². The van der Waals surface area contributed by atoms with E-state index in [1.807, 2.05) is 21.1 Å². The first-order valence-corrected chi connectivity index (χ1v) is 26.2. The zero-order chi connectivity index (χ0) is 46.3. The number of carboxylic acids is 1. The van der Waals surface area contributed by atoms with Crippen molar-refractivity contribution in [3.8, 4) is 0 Å². The highest BCUT2D eigenvalue weighted by atomic mass is 16.6. The Hall–Kier alpha value is -2.71. The monoisotopic (exact) mass is 887 g/mol. The van der Waals surface area contributed by atoms with Crippen molar-refractivity contribution in [1.29, 1.82) is 0 Å². The van der Waals surface area contributed by atoms with Gasteiger partial charge in [-0.15, -0.1) is 0 Å². The van der Waals surface area contributed by atoms with Gasteiger partial charge in [-0.3, -0.25) is 9.59 Å². The van der Waals surface area contributed by atoms with E-state index in [1.165, 1.54) is 122 Å². The van der Waals surface area contributed by atoms with E-state index in [1.54, 1.807) is 0 Å². The number of allylic oxidation sites excluding steroid dienone is 8. The number of nitrogens with zero attached hydrogens (tertiary/aromatic N) is 1. The number of carboxylic acid groups (broad SMARTS) is 1. The molecule has 0 aliphatic heterocycles. The molecule has 0 aliphatic rings. The van der Waals surface area contributed by atoms with Gasteiger partial charge in [0.05, 0.1) is 34.4 Å². The van der Waals surface area contributed by atoms with Gasteiger partial charge in [-0.1, -0.05) is 210 Å². The summed E-state index contributed by atoms with van der Waals surface area (Å²) in [5.74, 6) is -1.47. The number of rotatable bonds is 47. The lowest BCUT2D eigenvalue weighted by Crippen LogP contribution is -2.50. The summed E-state index contributed by atoms with van der Waals surface area (Å²) in [6, 6.07) is -0.617. The molecule has 0 rings (SSSR count). The number of aliphatic carboxylic acids is 1. The highest BCUT2D eigenvalue weighted by molar-refractivity contribution is 5.72. The third-order valence-corrected chi connectivity index (χ3v) is 11.7. The summed E-state index contributed by atoms with van der Waals surface area (Å²) < 4.78 is 17.4. The standard InChI is InChI=1S/C55H99NO7/c1-6-8-10-12-14-16-18-20-22-24-26-28-30-32-34-36-38-40-42-44-46-54(58)63-51(49-61-48-47-52(55(59)60)56(3,4)5)50-62-53(57)45-43-41-39-37-35-33-31-29-27-25-23-21-19-17-15-13-11-9-7-2/h9,11,15,17,21,23,27,29,51-52H,6-8,10,12-14,16,18-20,22,24-26,28,30-50H2,1-5H3/p+1/b11-9+,17-15+,23-21+,29-27+. The third kappa shape index (κ3) is 44.3. The van der Waals surface area contributed by atoms with Gasteiger partial charge in [0.1, 0.15) is 6.61 Å². The highest BCUT2D eigenvalue weighted by Gasteiger charge is 2.31. The molecule has 0 aromatic rings. The second kappa shape index (κ2) is 45.8. The predicted octanol–water partition coefficient (Wildman–Crippen LogP) is 15.1. The van der Waals surface area contributed by atoms with Crippen LogP contribution in [0.4, 0.5) is 0 Å². The van der Waals surface area contributed by atoms with E-state index in [4.69, 9.17) is 14.2 Å². The molecule has 0 bridgehead atoms. The van der Waals surface area contributed by atoms with Gasteiger partial charge in [-0.25, -0.2) is 4.79 Å². The maximum Gasteiger partial charge on any atom is 0.362 e. The minimum atomic E-state index is -0.875. The molecule has 0 fully saturated rings. The number of hydrogen-bond donors (Lipinski definition) is 1. The van der Waals surface area contributed by atoms with Crippen molar-refractivity contribution >= 4 is 17.9 Å². The SMILES string of the molecule is CC/C=C/C/C=C/C/C=C/C/C=C/CCCCCCCCC(=O)OCC(COCCC(C(=O)O)[N+](C)(C)C)OC(=O)CCCCCCCCCCCCCCCCCCCCCC. The molecule has 8 heteroatoms. The molecule has 2 atom stereocenters. The van der Waals surface area contributed by atoms with Crippen LogP contribution in [0, 0.1) is 0 Å². The molecular weight excluding hydrogens is 787 g/mol. The summed E-state index contributed by atoms with van der Waals surface area (Å²) in [5, 5.41) is 9.66. The van der Waals surface area contributed by atoms with E-state index in [-0.39, 0.29) is 36.2 Å². The molecule has 1 N–H and O–H groups in total. The van der Waals surface area contributed by atoms with Crippen LogP contribution in [0.25, 0.3) is 0 Å². The smallest absolute Gasteiger partial charge is 0.362 e. The fourth-order valence-corrected chi connectivity index (χ4v) is 7.73. The lowest BCUT2D eigenvalue weighted by Gasteiger charge is -2.31. The number of quaternary nitrogens is 1. The van der Waals surface area contributed by atoms with Crippen LogP contribution >= 0.6 is 0 Å². The van der Waals surface area contributed by atoms with Gasteiger partial charge in [0.15, 0.2) is 12.1 Å². The van der Waals surface area contributed by atoms with E-state index in [0.717, 1.165) is 77.0 Å². The number of ether oxygens (including phenoxy) is 3. The third-order valence-electron chi connectivity index (χ3n) is 11.7. The average Bonchev–Trinajstić information content (AvgIpc) is 3.24. The Kier molecular flexibility index (Phi) is 43.9. The van der Waals surface area contributed by atoms with Crippen molar-refractivity contribution < 1.29 is 38.2 Å². The lowest BCUT2D eigenvalue weighted by molar-refractivity contribution is -0.887. The molecule has 0 aromatic carbocycles. The van der Waals surface area contributed by atoms with E-state index in [2.05, 4.69) is 62.5 Å². The molecule has 2 unspecified atom stereocenters. The Morgan fingerprint density at radius 1 is 0.492 bits per heavy atom. The van der Waals surface area contributed by atoms with Crippen molar-refractivity contribution in [3.05, 3.63) is 48.6 Å². The molecule has 0 saturated carbocycles. The van der Waals surface area contributed by atoms with Gasteiger partial charge in [0, 0.05) is 19.3 Å². The summed E-state index contributed by atoms with van der Waals surface area (Å²) in [5.41, 5.74) is 0. The largest absolute Gasteiger partial charge is 0.477 e. The van der Waals surface area contributed by atoms with Crippen molar-refractivity contribution in [2.24, 2.45) is 0 Å². The zero-order valence-electron chi connectivity index (χ0n) is 41.8. The minimum absolute atomic E-state index is 0.0567. The van der Waals surface area contributed by atoms with E-state index < -0.39 is 18.1 Å². The average molecular weight is 887 g/mol. The molecule has 0 spiro atoms. The van der Waals surface area contributed by atoms with Crippen LogP contribution in [-0.4, -0.2) is 80.6 Å². The molecule has 0 aromatic heterocycles. The highest BCUT2D eigenvalue weighted by Crippen LogP contribution is 2.16. The van der Waals surface area contributed by atoms with Crippen molar-refractivity contribution in [2.75, 3.05) is 41.0 Å². The van der Waals surface area contributed by atoms with E-state index in [9.17, 15) is 19.5 Å². The van der Waals surface area contributed by atoms with E-state index in [0.29, 0.717) is 19.3 Å². The molecule has 0 saturated heterocycles. The van der Waals surface area contributed by atoms with Crippen molar-refractivity contribution in [1.82, 2.24) is 0 Å². The maximum absolute atomic E-state index is 12.8. The first-order chi connectivity index (χ1) is 30.6. The van der Waals surface area contributed by atoms with Gasteiger partial charge >= 0.3 is 17.9 Å². The Balaban J connectivity index is 4.24. The normalized spacial score (nSPS) is 13.2. The van der Waals surface area contributed by atoms with E-state index >= 15 is 0 Å². The first kappa shape index (κ1) is 60.3. The summed E-state index contributed by atoms with van der Waals surface area (Å²) >= 11 is 0. The van der Waals surface area contributed by atoms with Crippen LogP contribution in [0.15, 0.2) is 48.6 Å². The molecule has 0 amide bonds. The molecule has 0 radical (unpaired) electrons.